The van der Waals surface area contributed by atoms with Gasteiger partial charge in [0.05, 0.1) is 6.54 Å². The number of hydrogen-bond donors (Lipinski definition) is 1. The van der Waals surface area contributed by atoms with Crippen LogP contribution in [0.1, 0.15) is 30.3 Å². The van der Waals surface area contributed by atoms with Crippen molar-refractivity contribution in [1.82, 2.24) is 14.9 Å². The fourth-order valence-corrected chi connectivity index (χ4v) is 2.87. The number of anilines is 1. The molecule has 1 aliphatic heterocycles. The zero-order chi connectivity index (χ0) is 14.7. The fourth-order valence-electron chi connectivity index (χ4n) is 2.87. The molecule has 0 atom stereocenters. The highest BCUT2D eigenvalue weighted by Crippen LogP contribution is 2.23. The molecule has 0 bridgehead atoms. The van der Waals surface area contributed by atoms with Crippen LogP contribution in [-0.2, 0) is 19.6 Å². The minimum absolute atomic E-state index is 0.903. The van der Waals surface area contributed by atoms with Gasteiger partial charge in [-0.2, -0.15) is 0 Å². The van der Waals surface area contributed by atoms with E-state index in [0.29, 0.717) is 0 Å². The molecule has 0 unspecified atom stereocenters. The molecule has 0 spiro atoms. The molecule has 0 amide bonds. The largest absolute Gasteiger partial charge is 0.362 e. The van der Waals surface area contributed by atoms with Gasteiger partial charge >= 0.3 is 0 Å². The van der Waals surface area contributed by atoms with Gasteiger partial charge in [-0.25, -0.2) is 4.98 Å². The van der Waals surface area contributed by atoms with Crippen LogP contribution in [0, 0.1) is 6.92 Å². The molecule has 112 valence electrons. The van der Waals surface area contributed by atoms with Gasteiger partial charge in [-0.3, -0.25) is 0 Å². The van der Waals surface area contributed by atoms with E-state index in [9.17, 15) is 0 Å². The summed E-state index contributed by atoms with van der Waals surface area (Å²) < 4.78 is 2.24. The summed E-state index contributed by atoms with van der Waals surface area (Å²) in [6.07, 6.45) is 5.14. The van der Waals surface area contributed by atoms with Gasteiger partial charge in [0.25, 0.3) is 0 Å². The van der Waals surface area contributed by atoms with Crippen molar-refractivity contribution in [2.45, 2.75) is 39.9 Å². The molecule has 3 rings (SSSR count). The summed E-state index contributed by atoms with van der Waals surface area (Å²) >= 11 is 0. The lowest BCUT2D eigenvalue weighted by molar-refractivity contribution is 0.560. The van der Waals surface area contributed by atoms with Gasteiger partial charge in [0, 0.05) is 37.7 Å². The van der Waals surface area contributed by atoms with Crippen LogP contribution < -0.4 is 10.2 Å². The second-order valence-electron chi connectivity index (χ2n) is 5.75. The predicted molar refractivity (Wildman–Crippen MR) is 86.5 cm³/mol. The average molecular weight is 284 g/mol. The molecule has 2 heterocycles. The lowest BCUT2D eigenvalue weighted by atomic mass is 10.1. The summed E-state index contributed by atoms with van der Waals surface area (Å²) in [6.45, 7) is 9.42. The molecular weight excluding hydrogens is 260 g/mol. The summed E-state index contributed by atoms with van der Waals surface area (Å²) in [5, 5.41) is 3.47. The second kappa shape index (κ2) is 6.31. The number of nitrogens with one attached hydrogen (secondary N) is 1. The van der Waals surface area contributed by atoms with Crippen molar-refractivity contribution in [3.8, 4) is 0 Å². The van der Waals surface area contributed by atoms with E-state index in [0.717, 1.165) is 38.5 Å². The Balaban J connectivity index is 1.71. The minimum atomic E-state index is 0.903. The van der Waals surface area contributed by atoms with Gasteiger partial charge in [-0.1, -0.05) is 13.0 Å². The van der Waals surface area contributed by atoms with E-state index in [1.54, 1.807) is 0 Å². The third kappa shape index (κ3) is 3.10. The Labute approximate surface area is 126 Å². The Hall–Kier alpha value is -1.81. The first kappa shape index (κ1) is 14.1. The molecule has 4 nitrogen and oxygen atoms in total. The Kier molecular flexibility index (Phi) is 4.25. The fraction of sp³-hybridized carbons (Fsp3) is 0.471. The molecule has 0 fully saturated rings. The van der Waals surface area contributed by atoms with Crippen LogP contribution in [0.2, 0.25) is 0 Å². The van der Waals surface area contributed by atoms with Gasteiger partial charge in [-0.05, 0) is 43.1 Å². The Morgan fingerprint density at radius 3 is 3.00 bits per heavy atom. The van der Waals surface area contributed by atoms with Crippen LogP contribution in [0.3, 0.4) is 0 Å². The zero-order valence-corrected chi connectivity index (χ0v) is 13.0. The van der Waals surface area contributed by atoms with Gasteiger partial charge in [0.1, 0.15) is 5.82 Å². The normalized spacial score (nSPS) is 14.3. The second-order valence-corrected chi connectivity index (χ2v) is 5.75. The van der Waals surface area contributed by atoms with Gasteiger partial charge in [-0.15, -0.1) is 0 Å². The predicted octanol–water partition coefficient (Wildman–Crippen LogP) is 2.71. The van der Waals surface area contributed by atoms with Crippen LogP contribution in [-0.4, -0.2) is 22.6 Å². The van der Waals surface area contributed by atoms with Gasteiger partial charge in [0.2, 0.25) is 0 Å². The van der Waals surface area contributed by atoms with Gasteiger partial charge < -0.3 is 14.8 Å². The van der Waals surface area contributed by atoms with Crippen LogP contribution in [0.15, 0.2) is 30.6 Å². The quantitative estimate of drug-likeness (QED) is 0.857. The topological polar surface area (TPSA) is 33.1 Å². The van der Waals surface area contributed by atoms with Crippen molar-refractivity contribution < 1.29 is 0 Å². The monoisotopic (exact) mass is 284 g/mol. The highest BCUT2D eigenvalue weighted by atomic mass is 15.2. The third-order valence-corrected chi connectivity index (χ3v) is 4.18. The van der Waals surface area contributed by atoms with E-state index in [4.69, 9.17) is 0 Å². The molecule has 0 aliphatic carbocycles. The van der Waals surface area contributed by atoms with Crippen LogP contribution in [0.4, 0.5) is 5.69 Å². The average Bonchev–Trinajstić information content (AvgIpc) is 2.96. The first-order valence-electron chi connectivity index (χ1n) is 7.83. The van der Waals surface area contributed by atoms with Crippen LogP contribution >= 0.6 is 0 Å². The lowest BCUT2D eigenvalue weighted by Crippen LogP contribution is -2.33. The molecule has 4 heteroatoms. The third-order valence-electron chi connectivity index (χ3n) is 4.18. The van der Waals surface area contributed by atoms with E-state index in [1.165, 1.54) is 23.2 Å². The van der Waals surface area contributed by atoms with Gasteiger partial charge in [0.15, 0.2) is 0 Å². The van der Waals surface area contributed by atoms with E-state index < -0.39 is 0 Å². The maximum atomic E-state index is 4.43. The van der Waals surface area contributed by atoms with Crippen molar-refractivity contribution >= 4 is 5.69 Å². The summed E-state index contributed by atoms with van der Waals surface area (Å²) in [4.78, 5) is 6.85. The standard InChI is InChI=1S/C17H24N4/c1-3-6-18-12-15-4-5-16(11-14(15)2)21-10-9-20-8-7-19-17(20)13-21/h4-5,7-8,11,18H,3,6,9-10,12-13H2,1-2H3. The Morgan fingerprint density at radius 1 is 1.29 bits per heavy atom. The molecule has 0 saturated heterocycles. The molecule has 1 N–H and O–H groups in total. The number of imidazole rings is 1. The molecule has 1 aromatic carbocycles. The first-order chi connectivity index (χ1) is 10.3. The number of aromatic nitrogens is 2. The molecule has 21 heavy (non-hydrogen) atoms. The molecule has 0 radical (unpaired) electrons. The van der Waals surface area contributed by atoms with Crippen molar-refractivity contribution in [2.75, 3.05) is 18.0 Å². The summed E-state index contributed by atoms with van der Waals surface area (Å²) in [5.74, 6) is 1.16. The molecule has 0 saturated carbocycles. The molecular formula is C17H24N4. The smallest absolute Gasteiger partial charge is 0.128 e. The van der Waals surface area contributed by atoms with Crippen LogP contribution in [0.25, 0.3) is 0 Å². The molecule has 2 aromatic rings. The first-order valence-corrected chi connectivity index (χ1v) is 7.83. The Bertz CT molecular complexity index is 603. The van der Waals surface area contributed by atoms with E-state index in [1.807, 2.05) is 6.20 Å². The SMILES string of the molecule is CCCNCc1ccc(N2CCn3ccnc3C2)cc1C. The maximum Gasteiger partial charge on any atom is 0.128 e. The summed E-state index contributed by atoms with van der Waals surface area (Å²) in [5.41, 5.74) is 4.07. The maximum absolute atomic E-state index is 4.43. The number of benzene rings is 1. The summed E-state index contributed by atoms with van der Waals surface area (Å²) in [7, 11) is 0. The number of fused-ring (bicyclic) bond motifs is 1. The lowest BCUT2D eigenvalue weighted by Gasteiger charge is -2.30. The summed E-state index contributed by atoms with van der Waals surface area (Å²) in [6, 6.07) is 6.81. The van der Waals surface area contributed by atoms with E-state index in [2.05, 4.69) is 58.0 Å². The van der Waals surface area contributed by atoms with Crippen molar-refractivity contribution in [1.29, 1.82) is 0 Å². The minimum Gasteiger partial charge on any atom is -0.362 e. The number of aryl methyl sites for hydroxylation is 1. The highest BCUT2D eigenvalue weighted by Gasteiger charge is 2.17. The molecule has 1 aromatic heterocycles. The van der Waals surface area contributed by atoms with Crippen molar-refractivity contribution in [3.63, 3.8) is 0 Å². The zero-order valence-electron chi connectivity index (χ0n) is 13.0. The number of nitrogens with zero attached hydrogens (tertiary/aromatic N) is 3. The number of hydrogen-bond acceptors (Lipinski definition) is 3. The van der Waals surface area contributed by atoms with Crippen LogP contribution in [0.5, 0.6) is 0 Å². The highest BCUT2D eigenvalue weighted by molar-refractivity contribution is 5.51. The van der Waals surface area contributed by atoms with E-state index >= 15 is 0 Å². The Morgan fingerprint density at radius 2 is 2.19 bits per heavy atom. The number of rotatable bonds is 5. The molecule has 1 aliphatic rings. The van der Waals surface area contributed by atoms with Crippen molar-refractivity contribution in [3.05, 3.63) is 47.5 Å². The van der Waals surface area contributed by atoms with E-state index in [-0.39, 0.29) is 0 Å². The van der Waals surface area contributed by atoms with Crippen molar-refractivity contribution in [2.24, 2.45) is 0 Å².